The summed E-state index contributed by atoms with van der Waals surface area (Å²) in [6, 6.07) is 29.5. The summed E-state index contributed by atoms with van der Waals surface area (Å²) in [5.74, 6) is 1.46. The molecule has 3 atom stereocenters. The number of unbranched alkanes of at least 4 members (excludes halogenated alkanes) is 3. The zero-order valence-corrected chi connectivity index (χ0v) is 25.7. The van der Waals surface area contributed by atoms with Crippen molar-refractivity contribution in [2.24, 2.45) is 5.92 Å². The van der Waals surface area contributed by atoms with Crippen LogP contribution in [0.1, 0.15) is 119 Å². The highest BCUT2D eigenvalue weighted by Crippen LogP contribution is 2.64. The summed E-state index contributed by atoms with van der Waals surface area (Å²) in [6.07, 6.45) is 16.5. The Bertz CT molecular complexity index is 1210. The van der Waals surface area contributed by atoms with E-state index in [-0.39, 0.29) is 5.54 Å². The van der Waals surface area contributed by atoms with Crippen LogP contribution in [-0.4, -0.2) is 17.0 Å². The normalized spacial score (nSPS) is 25.0. The molecule has 0 radical (unpaired) electrons. The lowest BCUT2D eigenvalue weighted by atomic mass is 9.49. The highest BCUT2D eigenvalue weighted by atomic mass is 15.1. The number of fused-ring (bicyclic) bond motifs is 1. The fraction of sp³-hybridized carbons (Fsp3) is 0.538. The summed E-state index contributed by atoms with van der Waals surface area (Å²) < 4.78 is 0. The first-order valence-electron chi connectivity index (χ1n) is 16.8. The maximum atomic E-state index is 4.26. The van der Waals surface area contributed by atoms with Crippen molar-refractivity contribution in [2.75, 3.05) is 11.9 Å². The lowest BCUT2D eigenvalue weighted by Gasteiger charge is -2.57. The molecule has 1 heterocycles. The first-order chi connectivity index (χ1) is 20.1. The second-order valence-electron chi connectivity index (χ2n) is 13.8. The Morgan fingerprint density at radius 1 is 0.756 bits per heavy atom. The molecule has 6 rings (SSSR count). The van der Waals surface area contributed by atoms with E-state index >= 15 is 0 Å². The van der Waals surface area contributed by atoms with Crippen molar-refractivity contribution in [1.29, 1.82) is 0 Å². The molecule has 2 nitrogen and oxygen atoms in total. The Morgan fingerprint density at radius 3 is 2.15 bits per heavy atom. The van der Waals surface area contributed by atoms with Crippen LogP contribution in [0.15, 0.2) is 78.9 Å². The average molecular weight is 549 g/mol. The van der Waals surface area contributed by atoms with Gasteiger partial charge in [0.2, 0.25) is 0 Å². The van der Waals surface area contributed by atoms with Gasteiger partial charge in [-0.1, -0.05) is 125 Å². The van der Waals surface area contributed by atoms with Gasteiger partial charge in [0, 0.05) is 29.7 Å². The van der Waals surface area contributed by atoms with Gasteiger partial charge >= 0.3 is 0 Å². The summed E-state index contributed by atoms with van der Waals surface area (Å²) in [4.78, 5) is 2.65. The molecule has 3 aromatic rings. The zero-order valence-electron chi connectivity index (χ0n) is 25.7. The number of hydrogen-bond donors (Lipinski definition) is 1. The van der Waals surface area contributed by atoms with Gasteiger partial charge in [-0.15, -0.1) is 0 Å². The largest absolute Gasteiger partial charge is 0.378 e. The van der Waals surface area contributed by atoms with Crippen LogP contribution in [0.4, 0.5) is 5.69 Å². The van der Waals surface area contributed by atoms with E-state index in [4.69, 9.17) is 0 Å². The quantitative estimate of drug-likeness (QED) is 0.226. The monoisotopic (exact) mass is 548 g/mol. The number of benzene rings is 3. The molecule has 2 aliphatic carbocycles. The van der Waals surface area contributed by atoms with Gasteiger partial charge in [-0.05, 0) is 85.2 Å². The minimum Gasteiger partial charge on any atom is -0.378 e. The summed E-state index contributed by atoms with van der Waals surface area (Å²) in [6.45, 7) is 7.94. The topological polar surface area (TPSA) is 15.3 Å². The lowest BCUT2D eigenvalue weighted by molar-refractivity contribution is 0.0514. The zero-order chi connectivity index (χ0) is 28.1. The lowest BCUT2D eigenvalue weighted by Crippen LogP contribution is -2.59. The summed E-state index contributed by atoms with van der Waals surface area (Å²) in [7, 11) is 0. The van der Waals surface area contributed by atoms with Crippen molar-refractivity contribution in [1.82, 2.24) is 4.90 Å². The smallest absolute Gasteiger partial charge is 0.0473 e. The Hall–Kier alpha value is -2.58. The van der Waals surface area contributed by atoms with Crippen LogP contribution >= 0.6 is 0 Å². The molecule has 2 saturated carbocycles. The van der Waals surface area contributed by atoms with Crippen LogP contribution in [-0.2, 0) is 18.5 Å². The summed E-state index contributed by atoms with van der Waals surface area (Å²) in [5, 5.41) is 4.26. The van der Waals surface area contributed by atoms with Crippen molar-refractivity contribution >= 4 is 5.69 Å². The van der Waals surface area contributed by atoms with Gasteiger partial charge in [-0.3, -0.25) is 4.90 Å². The first-order valence-corrected chi connectivity index (χ1v) is 16.8. The second-order valence-corrected chi connectivity index (χ2v) is 13.8. The molecule has 2 heteroatoms. The van der Waals surface area contributed by atoms with Crippen molar-refractivity contribution in [3.8, 4) is 0 Å². The number of nitrogens with zero attached hydrogens (tertiary/aromatic N) is 1. The van der Waals surface area contributed by atoms with Gasteiger partial charge < -0.3 is 5.32 Å². The molecule has 3 aliphatic rings. The molecule has 1 unspecified atom stereocenters. The molecule has 1 N–H and O–H groups in total. The Balaban J connectivity index is 1.09. The SMILES string of the molecule is CC(C)c1ccc2c(c1)C13CCCC[C@H]1CCC[C@@]3(CCCCCCN(Cc1ccccc1)Cc1ccccc1)N2. The molecule has 41 heavy (non-hydrogen) atoms. The second kappa shape index (κ2) is 12.7. The maximum Gasteiger partial charge on any atom is 0.0473 e. The molecule has 1 spiro atoms. The predicted octanol–water partition coefficient (Wildman–Crippen LogP) is 10.2. The van der Waals surface area contributed by atoms with Crippen LogP contribution < -0.4 is 5.32 Å². The van der Waals surface area contributed by atoms with E-state index in [1.165, 1.54) is 106 Å². The van der Waals surface area contributed by atoms with Gasteiger partial charge in [-0.25, -0.2) is 0 Å². The average Bonchev–Trinajstić information content (AvgIpc) is 3.28. The fourth-order valence-corrected chi connectivity index (χ4v) is 9.01. The molecule has 0 amide bonds. The highest BCUT2D eigenvalue weighted by Gasteiger charge is 2.62. The van der Waals surface area contributed by atoms with E-state index in [0.717, 1.165) is 19.0 Å². The Kier molecular flexibility index (Phi) is 8.87. The maximum absolute atomic E-state index is 4.26. The van der Waals surface area contributed by atoms with Crippen molar-refractivity contribution in [3.63, 3.8) is 0 Å². The van der Waals surface area contributed by atoms with E-state index in [1.807, 2.05) is 0 Å². The molecular weight excluding hydrogens is 496 g/mol. The first kappa shape index (κ1) is 28.5. The van der Waals surface area contributed by atoms with E-state index < -0.39 is 0 Å². The van der Waals surface area contributed by atoms with E-state index in [0.29, 0.717) is 11.3 Å². The van der Waals surface area contributed by atoms with Gasteiger partial charge in [0.1, 0.15) is 0 Å². The molecule has 218 valence electrons. The molecule has 1 aliphatic heterocycles. The van der Waals surface area contributed by atoms with E-state index in [9.17, 15) is 0 Å². The Morgan fingerprint density at radius 2 is 1.44 bits per heavy atom. The summed E-state index contributed by atoms with van der Waals surface area (Å²) >= 11 is 0. The Labute approximate surface area is 250 Å². The highest BCUT2D eigenvalue weighted by molar-refractivity contribution is 5.67. The number of nitrogens with one attached hydrogen (secondary N) is 1. The van der Waals surface area contributed by atoms with Gasteiger partial charge in [-0.2, -0.15) is 0 Å². The van der Waals surface area contributed by atoms with Crippen LogP contribution in [0.25, 0.3) is 0 Å². The third-order valence-corrected chi connectivity index (χ3v) is 11.0. The number of hydrogen-bond acceptors (Lipinski definition) is 2. The van der Waals surface area contributed by atoms with Gasteiger partial charge in [0.15, 0.2) is 0 Å². The standard InChI is InChI=1S/C39H52N2/c1-31(2)34-22-23-37-36(28-34)39-26-13-11-20-35(39)21-15-25-38(39,40-37)24-12-3-4-14-27-41(29-32-16-7-5-8-17-32)30-33-18-9-6-10-19-33/h5-10,16-19,22-23,28,31,35,40H,3-4,11-15,20-21,24-27,29-30H2,1-2H3/t35-,38+,39?/m0/s1. The molecule has 3 aromatic carbocycles. The summed E-state index contributed by atoms with van der Waals surface area (Å²) in [5.41, 5.74) is 8.18. The van der Waals surface area contributed by atoms with Crippen LogP contribution in [0.5, 0.6) is 0 Å². The number of rotatable bonds is 12. The molecule has 0 aromatic heterocycles. The number of anilines is 1. The van der Waals surface area contributed by atoms with Crippen LogP contribution in [0.2, 0.25) is 0 Å². The molecule has 0 saturated heterocycles. The minimum absolute atomic E-state index is 0.279. The van der Waals surface area contributed by atoms with Crippen molar-refractivity contribution in [3.05, 3.63) is 101 Å². The van der Waals surface area contributed by atoms with Crippen LogP contribution in [0, 0.1) is 5.92 Å². The van der Waals surface area contributed by atoms with Gasteiger partial charge in [0.25, 0.3) is 0 Å². The molecular formula is C39H52N2. The molecule has 0 bridgehead atoms. The molecule has 2 fully saturated rings. The third kappa shape index (κ3) is 5.87. The van der Waals surface area contributed by atoms with Crippen molar-refractivity contribution in [2.45, 2.75) is 121 Å². The fourth-order valence-electron chi connectivity index (χ4n) is 9.01. The van der Waals surface area contributed by atoms with Gasteiger partial charge in [0.05, 0.1) is 0 Å². The third-order valence-electron chi connectivity index (χ3n) is 11.0. The van der Waals surface area contributed by atoms with E-state index in [2.05, 4.69) is 103 Å². The van der Waals surface area contributed by atoms with Crippen molar-refractivity contribution < 1.29 is 0 Å². The van der Waals surface area contributed by atoms with Crippen LogP contribution in [0.3, 0.4) is 0 Å². The van der Waals surface area contributed by atoms with E-state index in [1.54, 1.807) is 5.56 Å². The minimum atomic E-state index is 0.279. The predicted molar refractivity (Wildman–Crippen MR) is 174 cm³/mol.